The van der Waals surface area contributed by atoms with E-state index in [4.69, 9.17) is 4.74 Å². The molecule has 4 aromatic rings. The molecule has 12 heteroatoms. The highest BCUT2D eigenvalue weighted by atomic mass is 19.4. The lowest BCUT2D eigenvalue weighted by Crippen LogP contribution is -2.55. The number of H-pyrrole nitrogens is 1. The predicted octanol–water partition coefficient (Wildman–Crippen LogP) is 2.91. The molecule has 0 saturated carbocycles. The number of nitrogens with one attached hydrogen (secondary N) is 3. The fourth-order valence-electron chi connectivity index (χ4n) is 5.04. The Labute approximate surface area is 210 Å². The third-order valence-corrected chi connectivity index (χ3v) is 7.36. The summed E-state index contributed by atoms with van der Waals surface area (Å²) in [6.07, 6.45) is -2.28. The van der Waals surface area contributed by atoms with Crippen LogP contribution in [0.2, 0.25) is 0 Å². The van der Waals surface area contributed by atoms with E-state index in [1.807, 2.05) is 42.8 Å². The summed E-state index contributed by atoms with van der Waals surface area (Å²) in [6.45, 7) is 4.42. The van der Waals surface area contributed by atoms with Crippen LogP contribution in [-0.4, -0.2) is 62.3 Å². The van der Waals surface area contributed by atoms with Crippen LogP contribution in [0.1, 0.15) is 35.7 Å². The molecule has 5 heterocycles. The first-order valence-corrected chi connectivity index (χ1v) is 12.2. The molecule has 3 N–H and O–H groups in total. The van der Waals surface area contributed by atoms with E-state index in [9.17, 15) is 13.2 Å². The molecule has 2 aliphatic heterocycles. The third kappa shape index (κ3) is 4.28. The van der Waals surface area contributed by atoms with E-state index in [1.165, 1.54) is 0 Å². The van der Waals surface area contributed by atoms with Crippen LogP contribution in [0.5, 0.6) is 0 Å². The minimum atomic E-state index is -4.58. The van der Waals surface area contributed by atoms with Crippen LogP contribution in [-0.2, 0) is 29.8 Å². The maximum Gasteiger partial charge on any atom is 0.433 e. The zero-order valence-corrected chi connectivity index (χ0v) is 20.4. The SMILES string of the molecule is C[C@@H](NC1CNC1)c1nc(C(F)(F)F)cc2c(-c3cccc(C4(Cc5nncn5C)COC4)c3)n[nH]c12. The lowest BCUT2D eigenvalue weighted by molar-refractivity contribution is -0.141. The molecule has 194 valence electrons. The van der Waals surface area contributed by atoms with E-state index in [0.29, 0.717) is 41.9 Å². The molecular weight excluding hydrogens is 485 g/mol. The van der Waals surface area contributed by atoms with Gasteiger partial charge in [-0.15, -0.1) is 10.2 Å². The normalized spacial score (nSPS) is 18.5. The van der Waals surface area contributed by atoms with Crippen LogP contribution in [0.3, 0.4) is 0 Å². The van der Waals surface area contributed by atoms with Gasteiger partial charge in [0.05, 0.1) is 24.4 Å². The summed E-state index contributed by atoms with van der Waals surface area (Å²) < 4.78 is 49.1. The molecule has 2 fully saturated rings. The summed E-state index contributed by atoms with van der Waals surface area (Å²) in [5, 5.41) is 22.6. The number of rotatable bonds is 7. The van der Waals surface area contributed by atoms with Crippen LogP contribution in [0.4, 0.5) is 13.2 Å². The lowest BCUT2D eigenvalue weighted by atomic mass is 9.75. The Hall–Kier alpha value is -3.35. The van der Waals surface area contributed by atoms with E-state index >= 15 is 0 Å². The van der Waals surface area contributed by atoms with Gasteiger partial charge >= 0.3 is 6.18 Å². The van der Waals surface area contributed by atoms with Gasteiger partial charge < -0.3 is 19.9 Å². The minimum absolute atomic E-state index is 0.190. The van der Waals surface area contributed by atoms with Crippen LogP contribution in [0, 0.1) is 0 Å². The van der Waals surface area contributed by atoms with Crippen molar-refractivity contribution < 1.29 is 17.9 Å². The molecular formula is C25H27F3N8O. The van der Waals surface area contributed by atoms with E-state index in [2.05, 4.69) is 36.0 Å². The number of aromatic amines is 1. The van der Waals surface area contributed by atoms with Gasteiger partial charge in [0.2, 0.25) is 0 Å². The molecule has 0 radical (unpaired) electrons. The number of ether oxygens (including phenoxy) is 1. The molecule has 37 heavy (non-hydrogen) atoms. The Morgan fingerprint density at radius 1 is 1.24 bits per heavy atom. The number of alkyl halides is 3. The number of hydrogen-bond acceptors (Lipinski definition) is 7. The van der Waals surface area contributed by atoms with Gasteiger partial charge in [0.1, 0.15) is 23.5 Å². The minimum Gasteiger partial charge on any atom is -0.379 e. The molecule has 0 spiro atoms. The second-order valence-corrected chi connectivity index (χ2v) is 10.0. The Kier molecular flexibility index (Phi) is 5.77. The first kappa shape index (κ1) is 24.0. The number of aromatic nitrogens is 6. The zero-order chi connectivity index (χ0) is 25.8. The molecule has 0 aliphatic carbocycles. The summed E-state index contributed by atoms with van der Waals surface area (Å²) in [7, 11) is 1.90. The zero-order valence-electron chi connectivity index (χ0n) is 20.4. The summed E-state index contributed by atoms with van der Waals surface area (Å²) >= 11 is 0. The average Bonchev–Trinajstić information content (AvgIpc) is 3.43. The predicted molar refractivity (Wildman–Crippen MR) is 130 cm³/mol. The molecule has 0 amide bonds. The summed E-state index contributed by atoms with van der Waals surface area (Å²) in [6, 6.07) is 8.66. The first-order valence-electron chi connectivity index (χ1n) is 12.2. The van der Waals surface area contributed by atoms with Gasteiger partial charge in [0.25, 0.3) is 0 Å². The fourth-order valence-corrected chi connectivity index (χ4v) is 5.04. The van der Waals surface area contributed by atoms with Crippen molar-refractivity contribution in [2.75, 3.05) is 26.3 Å². The highest BCUT2D eigenvalue weighted by molar-refractivity contribution is 5.94. The highest BCUT2D eigenvalue weighted by Crippen LogP contribution is 2.39. The fraction of sp³-hybridized carbons (Fsp3) is 0.440. The van der Waals surface area contributed by atoms with Crippen LogP contribution >= 0.6 is 0 Å². The highest BCUT2D eigenvalue weighted by Gasteiger charge is 2.42. The quantitative estimate of drug-likeness (QED) is 0.350. The molecule has 1 aromatic carbocycles. The van der Waals surface area contributed by atoms with Crippen molar-refractivity contribution in [1.29, 1.82) is 0 Å². The average molecular weight is 513 g/mol. The van der Waals surface area contributed by atoms with Gasteiger partial charge in [-0.1, -0.05) is 18.2 Å². The maximum atomic E-state index is 13.9. The molecule has 3 aromatic heterocycles. The van der Waals surface area contributed by atoms with Crippen LogP contribution < -0.4 is 10.6 Å². The van der Waals surface area contributed by atoms with Gasteiger partial charge in [-0.05, 0) is 24.6 Å². The molecule has 1 atom stereocenters. The van der Waals surface area contributed by atoms with E-state index < -0.39 is 17.9 Å². The van der Waals surface area contributed by atoms with Crippen molar-refractivity contribution in [2.24, 2.45) is 7.05 Å². The molecule has 6 rings (SSSR count). The van der Waals surface area contributed by atoms with Crippen molar-refractivity contribution in [2.45, 2.75) is 37.0 Å². The van der Waals surface area contributed by atoms with Gasteiger partial charge in [0.15, 0.2) is 0 Å². The van der Waals surface area contributed by atoms with E-state index in [0.717, 1.165) is 36.1 Å². The van der Waals surface area contributed by atoms with E-state index in [1.54, 1.807) is 6.33 Å². The van der Waals surface area contributed by atoms with Gasteiger partial charge in [-0.3, -0.25) is 5.10 Å². The largest absolute Gasteiger partial charge is 0.433 e. The first-order chi connectivity index (χ1) is 17.7. The standard InChI is InChI=1S/C25H27F3N8O/c1-14(31-17-9-29-10-17)21-23-18(7-19(32-21)25(26,27)28)22(34-35-23)15-4-3-5-16(6-15)24(11-37-12-24)8-20-33-30-13-36(20)2/h3-7,13-14,17,29,31H,8-12H2,1-2H3,(H,34,35)/t14-/m1/s1. The second kappa shape index (κ2) is 8.89. The monoisotopic (exact) mass is 512 g/mol. The molecule has 2 saturated heterocycles. The topological polar surface area (TPSA) is 106 Å². The second-order valence-electron chi connectivity index (χ2n) is 10.0. The Bertz CT molecular complexity index is 1440. The lowest BCUT2D eigenvalue weighted by Gasteiger charge is -2.41. The Morgan fingerprint density at radius 3 is 2.68 bits per heavy atom. The molecule has 0 bridgehead atoms. The number of pyridine rings is 1. The van der Waals surface area contributed by atoms with Gasteiger partial charge in [-0.25, -0.2) is 4.98 Å². The molecule has 0 unspecified atom stereocenters. The third-order valence-electron chi connectivity index (χ3n) is 7.36. The smallest absolute Gasteiger partial charge is 0.379 e. The number of nitrogens with zero attached hydrogens (tertiary/aromatic N) is 5. The summed E-state index contributed by atoms with van der Waals surface area (Å²) in [4.78, 5) is 4.01. The number of halogens is 3. The van der Waals surface area contributed by atoms with Crippen molar-refractivity contribution >= 4 is 10.9 Å². The number of hydrogen-bond donors (Lipinski definition) is 3. The maximum absolute atomic E-state index is 13.9. The van der Waals surface area contributed by atoms with Crippen LogP contribution in [0.15, 0.2) is 36.7 Å². The number of fused-ring (bicyclic) bond motifs is 1. The van der Waals surface area contributed by atoms with E-state index in [-0.39, 0.29) is 11.5 Å². The van der Waals surface area contributed by atoms with Crippen molar-refractivity contribution in [1.82, 2.24) is 40.6 Å². The Morgan fingerprint density at radius 2 is 2.05 bits per heavy atom. The Balaban J connectivity index is 1.41. The summed E-state index contributed by atoms with van der Waals surface area (Å²) in [5.41, 5.74) is 1.79. The number of benzene rings is 1. The summed E-state index contributed by atoms with van der Waals surface area (Å²) in [5.74, 6) is 0.840. The van der Waals surface area contributed by atoms with Gasteiger partial charge in [-0.2, -0.15) is 18.3 Å². The molecule has 2 aliphatic rings. The number of aryl methyl sites for hydroxylation is 1. The van der Waals surface area contributed by atoms with Crippen molar-refractivity contribution in [3.8, 4) is 11.3 Å². The van der Waals surface area contributed by atoms with Crippen molar-refractivity contribution in [3.05, 3.63) is 59.4 Å². The van der Waals surface area contributed by atoms with Crippen molar-refractivity contribution in [3.63, 3.8) is 0 Å². The molecule has 9 nitrogen and oxygen atoms in total. The van der Waals surface area contributed by atoms with Gasteiger partial charge in [0, 0.05) is 55.0 Å². The van der Waals surface area contributed by atoms with Crippen LogP contribution in [0.25, 0.3) is 22.2 Å².